The average Bonchev–Trinajstić information content (AvgIpc) is 2.43. The third-order valence-electron chi connectivity index (χ3n) is 2.47. The van der Waals surface area contributed by atoms with Gasteiger partial charge >= 0.3 is 11.9 Å². The molecule has 0 atom stereocenters. The Labute approximate surface area is 127 Å². The third-order valence-corrected chi connectivity index (χ3v) is 2.77. The highest BCUT2D eigenvalue weighted by atomic mass is 35.5. The van der Waals surface area contributed by atoms with Crippen LogP contribution in [0.3, 0.4) is 0 Å². The standard InChI is InChI=1S/C15H16ClFO4/c1-2-3-10-20-13(18)8-5-9-14(19)21-15-11(16)6-4-7-12(15)17/h2-4,6-7H,5,8-10H2,1H3/b3-2+. The zero-order chi connectivity index (χ0) is 15.7. The minimum atomic E-state index is -0.707. The van der Waals surface area contributed by atoms with E-state index in [1.807, 2.05) is 6.92 Å². The van der Waals surface area contributed by atoms with Crippen molar-refractivity contribution in [2.24, 2.45) is 0 Å². The van der Waals surface area contributed by atoms with Crippen LogP contribution in [-0.4, -0.2) is 18.5 Å². The molecule has 0 radical (unpaired) electrons. The molecule has 4 nitrogen and oxygen atoms in total. The maximum atomic E-state index is 13.4. The molecule has 0 bridgehead atoms. The molecule has 1 rings (SSSR count). The van der Waals surface area contributed by atoms with Crippen LogP contribution in [0.25, 0.3) is 0 Å². The quantitative estimate of drug-likeness (QED) is 0.438. The Bertz CT molecular complexity index is 508. The second-order valence-electron chi connectivity index (χ2n) is 4.13. The SMILES string of the molecule is C/C=C/COC(=O)CCCC(=O)Oc1c(F)cccc1Cl. The van der Waals surface area contributed by atoms with Gasteiger partial charge in [0.2, 0.25) is 0 Å². The molecule has 1 aromatic carbocycles. The van der Waals surface area contributed by atoms with Crippen LogP contribution in [0.1, 0.15) is 26.2 Å². The summed E-state index contributed by atoms with van der Waals surface area (Å²) in [6.07, 6.45) is 3.80. The molecule has 0 aliphatic carbocycles. The van der Waals surface area contributed by atoms with Gasteiger partial charge in [0, 0.05) is 12.8 Å². The lowest BCUT2D eigenvalue weighted by atomic mass is 10.2. The fourth-order valence-corrected chi connectivity index (χ4v) is 1.63. The molecule has 0 amide bonds. The van der Waals surface area contributed by atoms with E-state index < -0.39 is 17.8 Å². The number of benzene rings is 1. The van der Waals surface area contributed by atoms with Crippen molar-refractivity contribution in [1.29, 1.82) is 0 Å². The van der Waals surface area contributed by atoms with Crippen LogP contribution in [0.5, 0.6) is 5.75 Å². The second kappa shape index (κ2) is 9.13. The Kier molecular flexibility index (Phi) is 7.46. The van der Waals surface area contributed by atoms with E-state index in [1.165, 1.54) is 12.1 Å². The summed E-state index contributed by atoms with van der Waals surface area (Å²) in [5, 5.41) is 0.0223. The van der Waals surface area contributed by atoms with E-state index in [-0.39, 0.29) is 36.6 Å². The Morgan fingerprint density at radius 1 is 1.29 bits per heavy atom. The first kappa shape index (κ1) is 17.2. The Morgan fingerprint density at radius 2 is 2.00 bits per heavy atom. The summed E-state index contributed by atoms with van der Waals surface area (Å²) >= 11 is 5.73. The summed E-state index contributed by atoms with van der Waals surface area (Å²) < 4.78 is 23.1. The number of carbonyl (C=O) groups excluding carboxylic acids is 2. The van der Waals surface area contributed by atoms with Gasteiger partial charge in [-0.05, 0) is 25.5 Å². The number of hydrogen-bond acceptors (Lipinski definition) is 4. The molecule has 114 valence electrons. The summed E-state index contributed by atoms with van der Waals surface area (Å²) in [5.41, 5.74) is 0. The first-order chi connectivity index (χ1) is 10.0. The number of esters is 2. The van der Waals surface area contributed by atoms with Gasteiger partial charge in [-0.25, -0.2) is 4.39 Å². The predicted octanol–water partition coefficient (Wildman–Crippen LogP) is 3.67. The number of ether oxygens (including phenoxy) is 2. The molecule has 6 heteroatoms. The summed E-state index contributed by atoms with van der Waals surface area (Å²) in [6.45, 7) is 2.03. The summed E-state index contributed by atoms with van der Waals surface area (Å²) in [4.78, 5) is 22.8. The third kappa shape index (κ3) is 6.40. The highest BCUT2D eigenvalue weighted by molar-refractivity contribution is 6.32. The molecule has 0 N–H and O–H groups in total. The monoisotopic (exact) mass is 314 g/mol. The Hall–Kier alpha value is -1.88. The first-order valence-corrected chi connectivity index (χ1v) is 6.84. The molecule has 0 heterocycles. The lowest BCUT2D eigenvalue weighted by Gasteiger charge is -2.07. The number of allylic oxidation sites excluding steroid dienone is 1. The number of para-hydroxylation sites is 1. The van der Waals surface area contributed by atoms with Gasteiger partial charge in [0.1, 0.15) is 6.61 Å². The molecule has 21 heavy (non-hydrogen) atoms. The van der Waals surface area contributed by atoms with E-state index in [9.17, 15) is 14.0 Å². The van der Waals surface area contributed by atoms with Gasteiger partial charge in [-0.15, -0.1) is 0 Å². The zero-order valence-corrected chi connectivity index (χ0v) is 12.4. The van der Waals surface area contributed by atoms with E-state index in [1.54, 1.807) is 12.2 Å². The summed E-state index contributed by atoms with van der Waals surface area (Å²) in [5.74, 6) is -2.05. The number of halogens is 2. The molecule has 0 aliphatic heterocycles. The van der Waals surface area contributed by atoms with Crippen LogP contribution in [-0.2, 0) is 14.3 Å². The largest absolute Gasteiger partial charge is 0.461 e. The van der Waals surface area contributed by atoms with Gasteiger partial charge in [-0.1, -0.05) is 29.8 Å². The number of hydrogen-bond donors (Lipinski definition) is 0. The van der Waals surface area contributed by atoms with Crippen molar-refractivity contribution in [3.8, 4) is 5.75 Å². The van der Waals surface area contributed by atoms with E-state index >= 15 is 0 Å². The van der Waals surface area contributed by atoms with Crippen molar-refractivity contribution in [3.63, 3.8) is 0 Å². The number of carbonyl (C=O) groups is 2. The Balaban J connectivity index is 2.33. The molecular formula is C15H16ClFO4. The lowest BCUT2D eigenvalue weighted by molar-refractivity contribution is -0.142. The van der Waals surface area contributed by atoms with Crippen molar-refractivity contribution >= 4 is 23.5 Å². The molecule has 0 fully saturated rings. The normalized spacial score (nSPS) is 10.6. The lowest BCUT2D eigenvalue weighted by Crippen LogP contribution is -2.11. The minimum Gasteiger partial charge on any atom is -0.461 e. The molecule has 0 saturated carbocycles. The topological polar surface area (TPSA) is 52.6 Å². The van der Waals surface area contributed by atoms with Gasteiger partial charge in [0.25, 0.3) is 0 Å². The molecule has 0 aliphatic rings. The second-order valence-corrected chi connectivity index (χ2v) is 4.54. The van der Waals surface area contributed by atoms with Gasteiger partial charge in [-0.3, -0.25) is 9.59 Å². The van der Waals surface area contributed by atoms with E-state index in [0.717, 1.165) is 6.07 Å². The minimum absolute atomic E-state index is 0.0223. The summed E-state index contributed by atoms with van der Waals surface area (Å²) in [6, 6.07) is 3.98. The van der Waals surface area contributed by atoms with Gasteiger partial charge in [-0.2, -0.15) is 0 Å². The molecule has 0 saturated heterocycles. The predicted molar refractivity (Wildman–Crippen MR) is 76.7 cm³/mol. The highest BCUT2D eigenvalue weighted by Gasteiger charge is 2.13. The van der Waals surface area contributed by atoms with Crippen LogP contribution in [0, 0.1) is 5.82 Å². The van der Waals surface area contributed by atoms with Gasteiger partial charge in [0.15, 0.2) is 11.6 Å². The van der Waals surface area contributed by atoms with Crippen LogP contribution in [0.15, 0.2) is 30.4 Å². The molecule has 0 aromatic heterocycles. The molecule has 1 aromatic rings. The van der Waals surface area contributed by atoms with E-state index in [4.69, 9.17) is 21.1 Å². The molecule has 0 unspecified atom stereocenters. The zero-order valence-electron chi connectivity index (χ0n) is 11.6. The summed E-state index contributed by atoms with van der Waals surface area (Å²) in [7, 11) is 0. The molecule has 0 spiro atoms. The van der Waals surface area contributed by atoms with Crippen LogP contribution >= 0.6 is 11.6 Å². The van der Waals surface area contributed by atoms with Crippen LogP contribution < -0.4 is 4.74 Å². The number of rotatable bonds is 7. The first-order valence-electron chi connectivity index (χ1n) is 6.46. The van der Waals surface area contributed by atoms with Crippen LogP contribution in [0.4, 0.5) is 4.39 Å². The van der Waals surface area contributed by atoms with E-state index in [2.05, 4.69) is 0 Å². The van der Waals surface area contributed by atoms with Crippen LogP contribution in [0.2, 0.25) is 5.02 Å². The maximum Gasteiger partial charge on any atom is 0.311 e. The van der Waals surface area contributed by atoms with Crippen molar-refractivity contribution in [2.75, 3.05) is 6.61 Å². The van der Waals surface area contributed by atoms with Gasteiger partial charge in [0.05, 0.1) is 5.02 Å². The van der Waals surface area contributed by atoms with Crippen molar-refractivity contribution in [3.05, 3.63) is 41.2 Å². The Morgan fingerprint density at radius 3 is 2.67 bits per heavy atom. The fourth-order valence-electron chi connectivity index (χ4n) is 1.43. The fraction of sp³-hybridized carbons (Fsp3) is 0.333. The highest BCUT2D eigenvalue weighted by Crippen LogP contribution is 2.27. The molecular weight excluding hydrogens is 299 g/mol. The van der Waals surface area contributed by atoms with Crippen molar-refractivity contribution in [2.45, 2.75) is 26.2 Å². The van der Waals surface area contributed by atoms with Crippen molar-refractivity contribution in [1.82, 2.24) is 0 Å². The average molecular weight is 315 g/mol. The smallest absolute Gasteiger partial charge is 0.311 e. The van der Waals surface area contributed by atoms with Crippen molar-refractivity contribution < 1.29 is 23.5 Å². The van der Waals surface area contributed by atoms with Gasteiger partial charge < -0.3 is 9.47 Å². The van der Waals surface area contributed by atoms with E-state index in [0.29, 0.717) is 0 Å². The maximum absolute atomic E-state index is 13.4.